The van der Waals surface area contributed by atoms with E-state index in [4.69, 9.17) is 0 Å². The second kappa shape index (κ2) is 8.74. The number of nitrogens with one attached hydrogen (secondary N) is 1. The van der Waals surface area contributed by atoms with Crippen molar-refractivity contribution in [2.24, 2.45) is 5.92 Å². The van der Waals surface area contributed by atoms with E-state index in [1.54, 1.807) is 0 Å². The lowest BCUT2D eigenvalue weighted by molar-refractivity contribution is 0.158. The molecule has 2 fully saturated rings. The predicted molar refractivity (Wildman–Crippen MR) is 99.6 cm³/mol. The average molecular weight is 412 g/mol. The average Bonchev–Trinajstić information content (AvgIpc) is 3.25. The normalized spacial score (nSPS) is 19.9. The zero-order chi connectivity index (χ0) is 14.1. The molecular weight excluding hydrogens is 387 g/mol. The van der Waals surface area contributed by atoms with Gasteiger partial charge in [0, 0.05) is 42.3 Å². The van der Waals surface area contributed by atoms with E-state index >= 15 is 0 Å². The van der Waals surface area contributed by atoms with Crippen molar-refractivity contribution in [1.29, 1.82) is 0 Å². The molecule has 1 aromatic rings. The number of phenols is 1. The number of benzene rings is 1. The third-order valence-corrected chi connectivity index (χ3v) is 4.96. The summed E-state index contributed by atoms with van der Waals surface area (Å²) in [7, 11) is 0. The van der Waals surface area contributed by atoms with E-state index in [9.17, 15) is 5.11 Å². The number of aromatic hydroxyl groups is 1. The monoisotopic (exact) mass is 410 g/mol. The van der Waals surface area contributed by atoms with Crippen molar-refractivity contribution in [3.63, 3.8) is 0 Å². The van der Waals surface area contributed by atoms with Crippen LogP contribution in [0, 0.1) is 12.8 Å². The molecule has 1 aliphatic carbocycles. The van der Waals surface area contributed by atoms with Crippen LogP contribution in [-0.4, -0.2) is 36.2 Å². The van der Waals surface area contributed by atoms with Crippen molar-refractivity contribution in [1.82, 2.24) is 10.2 Å². The third-order valence-electron chi connectivity index (χ3n) is 4.50. The topological polar surface area (TPSA) is 35.5 Å². The molecule has 1 atom stereocenters. The van der Waals surface area contributed by atoms with Gasteiger partial charge in [-0.15, -0.1) is 24.8 Å². The van der Waals surface area contributed by atoms with Gasteiger partial charge in [-0.3, -0.25) is 4.90 Å². The summed E-state index contributed by atoms with van der Waals surface area (Å²) in [5, 5.41) is 13.9. The fraction of sp³-hybridized carbons (Fsp3) is 0.625. The highest BCUT2D eigenvalue weighted by molar-refractivity contribution is 9.10. The highest BCUT2D eigenvalue weighted by Crippen LogP contribution is 2.43. The fourth-order valence-electron chi connectivity index (χ4n) is 3.15. The molecule has 1 saturated heterocycles. The Labute approximate surface area is 153 Å². The molecule has 6 heteroatoms. The summed E-state index contributed by atoms with van der Waals surface area (Å²) in [6.07, 6.45) is 3.90. The number of piperazine rings is 1. The minimum absolute atomic E-state index is 0. The molecular formula is C16H25BrCl2N2O. The Morgan fingerprint density at radius 3 is 2.50 bits per heavy atom. The minimum Gasteiger partial charge on any atom is -0.507 e. The zero-order valence-electron chi connectivity index (χ0n) is 12.8. The number of hydrogen-bond acceptors (Lipinski definition) is 3. The Kier molecular flexibility index (Phi) is 7.96. The maximum Gasteiger partial charge on any atom is 0.123 e. The van der Waals surface area contributed by atoms with Gasteiger partial charge in [0.05, 0.1) is 0 Å². The number of rotatable bonds is 4. The van der Waals surface area contributed by atoms with Crippen LogP contribution in [0.3, 0.4) is 0 Å². The van der Waals surface area contributed by atoms with Crippen molar-refractivity contribution in [2.75, 3.05) is 26.2 Å². The minimum atomic E-state index is 0. The second-order valence-corrected chi connectivity index (χ2v) is 7.06. The van der Waals surface area contributed by atoms with E-state index in [1.807, 2.05) is 13.0 Å². The van der Waals surface area contributed by atoms with Gasteiger partial charge in [0.2, 0.25) is 0 Å². The van der Waals surface area contributed by atoms with E-state index in [0.717, 1.165) is 47.7 Å². The number of halogens is 3. The molecule has 3 nitrogen and oxygen atoms in total. The highest BCUT2D eigenvalue weighted by atomic mass is 79.9. The predicted octanol–water partition coefficient (Wildman–Crippen LogP) is 4.05. The summed E-state index contributed by atoms with van der Waals surface area (Å²) in [6.45, 7) is 6.23. The van der Waals surface area contributed by atoms with Crippen molar-refractivity contribution in [3.05, 3.63) is 27.7 Å². The summed E-state index contributed by atoms with van der Waals surface area (Å²) in [4.78, 5) is 2.54. The van der Waals surface area contributed by atoms with Gasteiger partial charge >= 0.3 is 0 Å². The fourth-order valence-corrected chi connectivity index (χ4v) is 3.74. The first-order valence-electron chi connectivity index (χ1n) is 7.59. The van der Waals surface area contributed by atoms with Crippen LogP contribution in [0.5, 0.6) is 5.75 Å². The maximum absolute atomic E-state index is 10.5. The third kappa shape index (κ3) is 4.75. The molecule has 2 N–H and O–H groups in total. The number of nitrogens with zero attached hydrogens (tertiary/aromatic N) is 1. The molecule has 126 valence electrons. The van der Waals surface area contributed by atoms with Gasteiger partial charge in [0.25, 0.3) is 0 Å². The maximum atomic E-state index is 10.5. The van der Waals surface area contributed by atoms with Crippen LogP contribution in [0.2, 0.25) is 0 Å². The van der Waals surface area contributed by atoms with Gasteiger partial charge in [-0.2, -0.15) is 0 Å². The Morgan fingerprint density at radius 1 is 1.27 bits per heavy atom. The van der Waals surface area contributed by atoms with Gasteiger partial charge in [-0.1, -0.05) is 28.8 Å². The lowest BCUT2D eigenvalue weighted by atomic mass is 9.96. The van der Waals surface area contributed by atoms with Crippen LogP contribution >= 0.6 is 40.7 Å². The van der Waals surface area contributed by atoms with Crippen LogP contribution in [0.4, 0.5) is 0 Å². The van der Waals surface area contributed by atoms with Crippen molar-refractivity contribution in [2.45, 2.75) is 32.2 Å². The smallest absolute Gasteiger partial charge is 0.123 e. The molecule has 2 aliphatic rings. The Bertz CT molecular complexity index is 491. The van der Waals surface area contributed by atoms with Crippen LogP contribution in [-0.2, 0) is 0 Å². The molecule has 1 saturated carbocycles. The lowest BCUT2D eigenvalue weighted by Gasteiger charge is -2.36. The SMILES string of the molecule is Cc1cc(Br)cc([C@@H](CC2CC2)N2CCNCC2)c1O.Cl.Cl. The van der Waals surface area contributed by atoms with Crippen molar-refractivity contribution in [3.8, 4) is 5.75 Å². The molecule has 1 aromatic carbocycles. The molecule has 22 heavy (non-hydrogen) atoms. The first kappa shape index (κ1) is 20.0. The second-order valence-electron chi connectivity index (χ2n) is 6.14. The summed E-state index contributed by atoms with van der Waals surface area (Å²) in [6, 6.07) is 4.46. The molecule has 0 spiro atoms. The summed E-state index contributed by atoms with van der Waals surface area (Å²) in [5.74, 6) is 1.34. The Balaban J connectivity index is 0.00000121. The van der Waals surface area contributed by atoms with E-state index < -0.39 is 0 Å². The van der Waals surface area contributed by atoms with Crippen molar-refractivity contribution >= 4 is 40.7 Å². The standard InChI is InChI=1S/C16H23BrN2O.2ClH/c1-11-8-13(17)10-14(16(11)20)15(9-12-2-3-12)19-6-4-18-5-7-19;;/h8,10,12,15,18,20H,2-7,9H2,1H3;2*1H/t15-;;/m1../s1. The molecule has 0 bridgehead atoms. The Hall–Kier alpha value is -0.000000000000000111. The zero-order valence-corrected chi connectivity index (χ0v) is 16.1. The number of phenolic OH excluding ortho intramolecular Hbond substituents is 1. The van der Waals surface area contributed by atoms with Gasteiger partial charge < -0.3 is 10.4 Å². The first-order valence-corrected chi connectivity index (χ1v) is 8.38. The summed E-state index contributed by atoms with van der Waals surface area (Å²) < 4.78 is 1.07. The van der Waals surface area contributed by atoms with Crippen LogP contribution in [0.15, 0.2) is 16.6 Å². The summed E-state index contributed by atoms with van der Waals surface area (Å²) in [5.41, 5.74) is 2.07. The van der Waals surface area contributed by atoms with Gasteiger partial charge in [-0.25, -0.2) is 0 Å². The molecule has 0 aromatic heterocycles. The molecule has 3 rings (SSSR count). The van der Waals surface area contributed by atoms with Gasteiger partial charge in [0.15, 0.2) is 0 Å². The number of hydrogen-bond donors (Lipinski definition) is 2. The molecule has 1 heterocycles. The largest absolute Gasteiger partial charge is 0.507 e. The molecule has 0 amide bonds. The van der Waals surface area contributed by atoms with Crippen molar-refractivity contribution < 1.29 is 5.11 Å². The van der Waals surface area contributed by atoms with Crippen LogP contribution in [0.1, 0.15) is 36.4 Å². The number of aryl methyl sites for hydroxylation is 1. The van der Waals surface area contributed by atoms with E-state index in [-0.39, 0.29) is 24.8 Å². The summed E-state index contributed by atoms with van der Waals surface area (Å²) >= 11 is 3.58. The molecule has 1 aliphatic heterocycles. The van der Waals surface area contributed by atoms with Crippen LogP contribution in [0.25, 0.3) is 0 Å². The molecule has 0 unspecified atom stereocenters. The lowest BCUT2D eigenvalue weighted by Crippen LogP contribution is -2.45. The quantitative estimate of drug-likeness (QED) is 0.784. The van der Waals surface area contributed by atoms with E-state index in [2.05, 4.69) is 32.2 Å². The van der Waals surface area contributed by atoms with Gasteiger partial charge in [0.1, 0.15) is 5.75 Å². The van der Waals surface area contributed by atoms with Gasteiger partial charge in [-0.05, 0) is 37.0 Å². The van der Waals surface area contributed by atoms with Crippen LogP contribution < -0.4 is 5.32 Å². The van der Waals surface area contributed by atoms with E-state index in [1.165, 1.54) is 19.3 Å². The Morgan fingerprint density at radius 2 is 1.91 bits per heavy atom. The molecule has 0 radical (unpaired) electrons. The first-order chi connectivity index (χ1) is 9.65. The highest BCUT2D eigenvalue weighted by Gasteiger charge is 2.32. The van der Waals surface area contributed by atoms with E-state index in [0.29, 0.717) is 11.8 Å².